The lowest BCUT2D eigenvalue weighted by molar-refractivity contribution is -0.146. The Morgan fingerprint density at radius 3 is 2.64 bits per heavy atom. The Balaban J connectivity index is 1.38. The summed E-state index contributed by atoms with van der Waals surface area (Å²) in [6, 6.07) is 8.34. The Morgan fingerprint density at radius 1 is 1.25 bits per heavy atom. The second-order valence-electron chi connectivity index (χ2n) is 8.60. The average molecular weight is 386 g/mol. The molecule has 2 saturated heterocycles. The van der Waals surface area contributed by atoms with E-state index >= 15 is 0 Å². The van der Waals surface area contributed by atoms with Crippen molar-refractivity contribution in [3.63, 3.8) is 0 Å². The molecule has 152 valence electrons. The normalized spacial score (nSPS) is 25.5. The van der Waals surface area contributed by atoms with Crippen LogP contribution < -0.4 is 4.74 Å². The first-order valence-corrected chi connectivity index (χ1v) is 10.5. The van der Waals surface area contributed by atoms with Gasteiger partial charge in [0.1, 0.15) is 5.75 Å². The van der Waals surface area contributed by atoms with Crippen molar-refractivity contribution in [2.24, 2.45) is 5.92 Å². The number of carbonyl (C=O) groups is 2. The molecule has 0 radical (unpaired) electrons. The molecule has 1 aliphatic carbocycles. The van der Waals surface area contributed by atoms with Crippen LogP contribution in [-0.2, 0) is 16.1 Å². The standard InChI is InChI=1S/C22H30N2O4/c1-23-20(25)14-19(21(26)27)22(23)9-11-24(12-10-22)15-16-5-4-8-18(13-16)28-17-6-2-3-7-17/h4-5,8,13,17,19H,2-3,6-7,9-12,14-15H2,1H3,(H,26,27). The minimum atomic E-state index is -0.845. The summed E-state index contributed by atoms with van der Waals surface area (Å²) >= 11 is 0. The SMILES string of the molecule is CN1C(=O)CC(C(=O)O)C12CCN(Cc1cccc(OC3CCCC3)c1)CC2. The number of ether oxygens (including phenoxy) is 1. The van der Waals surface area contributed by atoms with Gasteiger partial charge in [0.2, 0.25) is 5.91 Å². The van der Waals surface area contributed by atoms with Gasteiger partial charge >= 0.3 is 5.97 Å². The molecule has 3 fully saturated rings. The first-order valence-electron chi connectivity index (χ1n) is 10.5. The lowest BCUT2D eigenvalue weighted by Crippen LogP contribution is -2.55. The molecule has 4 rings (SSSR count). The lowest BCUT2D eigenvalue weighted by Gasteiger charge is -2.45. The number of amides is 1. The van der Waals surface area contributed by atoms with E-state index in [2.05, 4.69) is 23.1 Å². The van der Waals surface area contributed by atoms with E-state index in [0.717, 1.165) is 38.2 Å². The van der Waals surface area contributed by atoms with Crippen LogP contribution in [-0.4, -0.2) is 58.6 Å². The van der Waals surface area contributed by atoms with E-state index in [1.54, 1.807) is 11.9 Å². The number of likely N-dealkylation sites (tertiary alicyclic amines) is 2. The van der Waals surface area contributed by atoms with E-state index in [9.17, 15) is 14.7 Å². The molecule has 1 saturated carbocycles. The van der Waals surface area contributed by atoms with Crippen LogP contribution in [0.5, 0.6) is 5.75 Å². The Labute approximate surface area is 166 Å². The van der Waals surface area contributed by atoms with Crippen molar-refractivity contribution in [1.82, 2.24) is 9.80 Å². The third-order valence-corrected chi connectivity index (χ3v) is 7.00. The van der Waals surface area contributed by atoms with Crippen LogP contribution in [0.1, 0.15) is 50.5 Å². The Hall–Kier alpha value is -2.08. The summed E-state index contributed by atoms with van der Waals surface area (Å²) < 4.78 is 6.12. The van der Waals surface area contributed by atoms with Crippen molar-refractivity contribution in [3.8, 4) is 5.75 Å². The highest BCUT2D eigenvalue weighted by Crippen LogP contribution is 2.43. The molecule has 1 spiro atoms. The molecule has 1 amide bonds. The van der Waals surface area contributed by atoms with Gasteiger partial charge in [-0.3, -0.25) is 14.5 Å². The topological polar surface area (TPSA) is 70.1 Å². The monoisotopic (exact) mass is 386 g/mol. The summed E-state index contributed by atoms with van der Waals surface area (Å²) in [5.74, 6) is -0.527. The van der Waals surface area contributed by atoms with E-state index in [-0.39, 0.29) is 12.3 Å². The van der Waals surface area contributed by atoms with Crippen molar-refractivity contribution in [1.29, 1.82) is 0 Å². The van der Waals surface area contributed by atoms with Crippen molar-refractivity contribution >= 4 is 11.9 Å². The predicted molar refractivity (Wildman–Crippen MR) is 105 cm³/mol. The van der Waals surface area contributed by atoms with Gasteiger partial charge < -0.3 is 14.7 Å². The number of aliphatic carboxylic acids is 1. The molecule has 1 aromatic rings. The zero-order valence-corrected chi connectivity index (χ0v) is 16.6. The van der Waals surface area contributed by atoms with Crippen LogP contribution >= 0.6 is 0 Å². The summed E-state index contributed by atoms with van der Waals surface area (Å²) in [4.78, 5) is 27.9. The summed E-state index contributed by atoms with van der Waals surface area (Å²) in [5.41, 5.74) is 0.699. The highest BCUT2D eigenvalue weighted by molar-refractivity contribution is 5.88. The predicted octanol–water partition coefficient (Wildman–Crippen LogP) is 2.91. The van der Waals surface area contributed by atoms with E-state index < -0.39 is 17.4 Å². The first kappa shape index (κ1) is 19.2. The second kappa shape index (κ2) is 7.74. The van der Waals surface area contributed by atoms with Gasteiger partial charge in [0.05, 0.1) is 17.6 Å². The summed E-state index contributed by atoms with van der Waals surface area (Å²) in [7, 11) is 1.77. The molecule has 2 heterocycles. The van der Waals surface area contributed by atoms with E-state index in [0.29, 0.717) is 18.9 Å². The molecule has 1 unspecified atom stereocenters. The van der Waals surface area contributed by atoms with Crippen LogP contribution in [0.15, 0.2) is 24.3 Å². The van der Waals surface area contributed by atoms with Gasteiger partial charge in [-0.2, -0.15) is 0 Å². The number of carboxylic acids is 1. The number of rotatable bonds is 5. The van der Waals surface area contributed by atoms with Gasteiger partial charge in [-0.05, 0) is 56.2 Å². The number of benzene rings is 1. The number of nitrogens with zero attached hydrogens (tertiary/aromatic N) is 2. The summed E-state index contributed by atoms with van der Waals surface area (Å²) in [6.07, 6.45) is 6.72. The van der Waals surface area contributed by atoms with Crippen molar-refractivity contribution < 1.29 is 19.4 Å². The quantitative estimate of drug-likeness (QED) is 0.843. The zero-order valence-electron chi connectivity index (χ0n) is 16.6. The molecule has 2 aliphatic heterocycles. The van der Waals surface area contributed by atoms with Crippen molar-refractivity contribution in [2.45, 2.75) is 63.1 Å². The number of carbonyl (C=O) groups excluding carboxylic acids is 1. The van der Waals surface area contributed by atoms with Crippen LogP contribution in [0.4, 0.5) is 0 Å². The maximum absolute atomic E-state index is 12.1. The first-order chi connectivity index (χ1) is 13.5. The third kappa shape index (κ3) is 3.62. The van der Waals surface area contributed by atoms with Gasteiger partial charge in [0, 0.05) is 33.1 Å². The molecule has 0 bridgehead atoms. The lowest BCUT2D eigenvalue weighted by atomic mass is 9.77. The maximum Gasteiger partial charge on any atom is 0.309 e. The van der Waals surface area contributed by atoms with Gasteiger partial charge in [0.25, 0.3) is 0 Å². The fourth-order valence-electron chi connectivity index (χ4n) is 5.26. The minimum absolute atomic E-state index is 0.0439. The van der Waals surface area contributed by atoms with Crippen LogP contribution in [0, 0.1) is 5.92 Å². The third-order valence-electron chi connectivity index (χ3n) is 7.00. The van der Waals surface area contributed by atoms with Gasteiger partial charge in [-0.25, -0.2) is 0 Å². The van der Waals surface area contributed by atoms with E-state index in [4.69, 9.17) is 4.74 Å². The Bertz CT molecular complexity index is 736. The molecule has 6 nitrogen and oxygen atoms in total. The molecular formula is C22H30N2O4. The Kier molecular flexibility index (Phi) is 5.32. The van der Waals surface area contributed by atoms with Gasteiger partial charge in [-0.1, -0.05) is 12.1 Å². The zero-order chi connectivity index (χ0) is 19.7. The fraction of sp³-hybridized carbons (Fsp3) is 0.636. The van der Waals surface area contributed by atoms with Crippen molar-refractivity contribution in [3.05, 3.63) is 29.8 Å². The Morgan fingerprint density at radius 2 is 1.96 bits per heavy atom. The average Bonchev–Trinajstić information content (AvgIpc) is 3.27. The van der Waals surface area contributed by atoms with Crippen LogP contribution in [0.2, 0.25) is 0 Å². The smallest absolute Gasteiger partial charge is 0.309 e. The molecule has 28 heavy (non-hydrogen) atoms. The number of piperidine rings is 1. The number of hydrogen-bond acceptors (Lipinski definition) is 4. The maximum atomic E-state index is 12.1. The fourth-order valence-corrected chi connectivity index (χ4v) is 5.26. The van der Waals surface area contributed by atoms with Crippen LogP contribution in [0.3, 0.4) is 0 Å². The molecule has 1 atom stereocenters. The van der Waals surface area contributed by atoms with Gasteiger partial charge in [0.15, 0.2) is 0 Å². The summed E-state index contributed by atoms with van der Waals surface area (Å²) in [5, 5.41) is 9.61. The molecule has 3 aliphatic rings. The van der Waals surface area contributed by atoms with Crippen molar-refractivity contribution in [2.75, 3.05) is 20.1 Å². The largest absolute Gasteiger partial charge is 0.490 e. The molecule has 1 N–H and O–H groups in total. The highest BCUT2D eigenvalue weighted by atomic mass is 16.5. The number of hydrogen-bond donors (Lipinski definition) is 1. The molecule has 1 aromatic carbocycles. The van der Waals surface area contributed by atoms with E-state index in [1.807, 2.05) is 6.07 Å². The van der Waals surface area contributed by atoms with Gasteiger partial charge in [-0.15, -0.1) is 0 Å². The second-order valence-corrected chi connectivity index (χ2v) is 8.60. The molecule has 0 aromatic heterocycles. The molecule has 6 heteroatoms. The van der Waals surface area contributed by atoms with E-state index in [1.165, 1.54) is 18.4 Å². The van der Waals surface area contributed by atoms with Crippen LogP contribution in [0.25, 0.3) is 0 Å². The molecular weight excluding hydrogens is 356 g/mol. The summed E-state index contributed by atoms with van der Waals surface area (Å²) in [6.45, 7) is 2.43. The number of carboxylic acid groups (broad SMARTS) is 1. The highest BCUT2D eigenvalue weighted by Gasteiger charge is 2.55. The minimum Gasteiger partial charge on any atom is -0.490 e.